The quantitative estimate of drug-likeness (QED) is 0.414. The van der Waals surface area contributed by atoms with Crippen LogP contribution in [0.15, 0.2) is 59.0 Å². The summed E-state index contributed by atoms with van der Waals surface area (Å²) in [5, 5.41) is 10.1. The number of fused-ring (bicyclic) bond motifs is 1. The standard InChI is InChI=1S/C18H22N4S/c1-19-18(21-14-16-7-4-13-23-16)20-10-5-11-22-12-9-15-6-2-3-8-17(15)22/h2-4,6-9,12-13H,5,10-11,14H2,1H3,(H2,19,20,21). The lowest BCUT2D eigenvalue weighted by atomic mass is 10.2. The highest BCUT2D eigenvalue weighted by Gasteiger charge is 2.01. The van der Waals surface area contributed by atoms with Crippen LogP contribution in [0.1, 0.15) is 11.3 Å². The van der Waals surface area contributed by atoms with Crippen LogP contribution in [0.4, 0.5) is 0 Å². The van der Waals surface area contributed by atoms with Crippen molar-refractivity contribution in [1.82, 2.24) is 15.2 Å². The van der Waals surface area contributed by atoms with Crippen LogP contribution < -0.4 is 10.6 Å². The van der Waals surface area contributed by atoms with Gasteiger partial charge in [0.1, 0.15) is 0 Å². The average Bonchev–Trinajstić information content (AvgIpc) is 3.24. The third-order valence-corrected chi connectivity index (χ3v) is 4.66. The number of aromatic nitrogens is 1. The second kappa shape index (κ2) is 7.83. The fraction of sp³-hybridized carbons (Fsp3) is 0.278. The number of hydrogen-bond donors (Lipinski definition) is 2. The first-order valence-electron chi connectivity index (χ1n) is 7.87. The predicted molar refractivity (Wildman–Crippen MR) is 99.1 cm³/mol. The van der Waals surface area contributed by atoms with E-state index in [2.05, 4.69) is 74.2 Å². The maximum atomic E-state index is 4.26. The topological polar surface area (TPSA) is 41.4 Å². The molecule has 0 saturated heterocycles. The second-order valence-corrected chi connectivity index (χ2v) is 6.39. The molecule has 0 aliphatic rings. The van der Waals surface area contributed by atoms with Crippen molar-refractivity contribution >= 4 is 28.2 Å². The minimum absolute atomic E-state index is 0.819. The van der Waals surface area contributed by atoms with Crippen LogP contribution in [0.3, 0.4) is 0 Å². The summed E-state index contributed by atoms with van der Waals surface area (Å²) in [7, 11) is 1.81. The van der Waals surface area contributed by atoms with E-state index in [0.29, 0.717) is 0 Å². The smallest absolute Gasteiger partial charge is 0.191 e. The maximum Gasteiger partial charge on any atom is 0.191 e. The first-order chi connectivity index (χ1) is 11.4. The third-order valence-electron chi connectivity index (χ3n) is 3.78. The fourth-order valence-electron chi connectivity index (χ4n) is 2.60. The third kappa shape index (κ3) is 4.13. The van der Waals surface area contributed by atoms with Crippen molar-refractivity contribution in [3.63, 3.8) is 0 Å². The van der Waals surface area contributed by atoms with E-state index in [9.17, 15) is 0 Å². The Morgan fingerprint density at radius 3 is 2.87 bits per heavy atom. The van der Waals surface area contributed by atoms with Crippen LogP contribution in [-0.4, -0.2) is 24.1 Å². The highest BCUT2D eigenvalue weighted by molar-refractivity contribution is 7.09. The SMILES string of the molecule is CN=C(NCCCn1ccc2ccccc21)NCc1cccs1. The zero-order valence-corrected chi connectivity index (χ0v) is 14.1. The molecular formula is C18H22N4S. The van der Waals surface area contributed by atoms with E-state index in [1.165, 1.54) is 15.8 Å². The number of rotatable bonds is 6. The highest BCUT2D eigenvalue weighted by Crippen LogP contribution is 2.15. The van der Waals surface area contributed by atoms with Gasteiger partial charge in [-0.05, 0) is 35.4 Å². The first-order valence-corrected chi connectivity index (χ1v) is 8.75. The molecule has 120 valence electrons. The lowest BCUT2D eigenvalue weighted by Gasteiger charge is -2.11. The lowest BCUT2D eigenvalue weighted by molar-refractivity contribution is 0.641. The van der Waals surface area contributed by atoms with E-state index in [1.807, 2.05) is 7.05 Å². The molecule has 0 aliphatic heterocycles. The molecule has 0 bridgehead atoms. The van der Waals surface area contributed by atoms with Crippen molar-refractivity contribution in [2.24, 2.45) is 4.99 Å². The molecule has 3 aromatic rings. The number of aryl methyl sites for hydroxylation is 1. The molecule has 0 atom stereocenters. The van der Waals surface area contributed by atoms with Gasteiger partial charge in [-0.2, -0.15) is 0 Å². The molecular weight excluding hydrogens is 304 g/mol. The Bertz CT molecular complexity index is 758. The van der Waals surface area contributed by atoms with Crippen molar-refractivity contribution in [3.8, 4) is 0 Å². The summed E-state index contributed by atoms with van der Waals surface area (Å²) in [6.07, 6.45) is 3.22. The van der Waals surface area contributed by atoms with Crippen LogP contribution in [0.5, 0.6) is 0 Å². The molecule has 2 N–H and O–H groups in total. The van der Waals surface area contributed by atoms with Gasteiger partial charge >= 0.3 is 0 Å². The van der Waals surface area contributed by atoms with Crippen LogP contribution >= 0.6 is 11.3 Å². The molecule has 23 heavy (non-hydrogen) atoms. The number of hydrogen-bond acceptors (Lipinski definition) is 2. The molecule has 0 radical (unpaired) electrons. The molecule has 0 amide bonds. The minimum Gasteiger partial charge on any atom is -0.356 e. The highest BCUT2D eigenvalue weighted by atomic mass is 32.1. The van der Waals surface area contributed by atoms with E-state index in [4.69, 9.17) is 0 Å². The van der Waals surface area contributed by atoms with Gasteiger partial charge in [0, 0.05) is 36.7 Å². The number of para-hydroxylation sites is 1. The zero-order valence-electron chi connectivity index (χ0n) is 13.3. The van der Waals surface area contributed by atoms with E-state index < -0.39 is 0 Å². The largest absolute Gasteiger partial charge is 0.356 e. The molecule has 1 aromatic carbocycles. The number of nitrogens with one attached hydrogen (secondary N) is 2. The summed E-state index contributed by atoms with van der Waals surface area (Å²) in [6.45, 7) is 2.72. The number of thiophene rings is 1. The molecule has 2 heterocycles. The number of benzene rings is 1. The molecule has 0 aliphatic carbocycles. The van der Waals surface area contributed by atoms with Crippen molar-refractivity contribution < 1.29 is 0 Å². The van der Waals surface area contributed by atoms with Gasteiger partial charge in [-0.1, -0.05) is 24.3 Å². The molecule has 5 heteroatoms. The van der Waals surface area contributed by atoms with E-state index in [1.54, 1.807) is 11.3 Å². The van der Waals surface area contributed by atoms with E-state index in [-0.39, 0.29) is 0 Å². The lowest BCUT2D eigenvalue weighted by Crippen LogP contribution is -2.37. The van der Waals surface area contributed by atoms with Gasteiger partial charge in [0.25, 0.3) is 0 Å². The normalized spacial score (nSPS) is 11.8. The Kier molecular flexibility index (Phi) is 5.32. The van der Waals surface area contributed by atoms with Crippen molar-refractivity contribution in [1.29, 1.82) is 0 Å². The Morgan fingerprint density at radius 2 is 2.04 bits per heavy atom. The Hall–Kier alpha value is -2.27. The summed E-state index contributed by atoms with van der Waals surface area (Å²) in [6, 6.07) is 14.9. The summed E-state index contributed by atoms with van der Waals surface area (Å²) in [5.74, 6) is 0.857. The molecule has 0 saturated carbocycles. The Morgan fingerprint density at radius 1 is 1.13 bits per heavy atom. The van der Waals surface area contributed by atoms with Gasteiger partial charge in [0.15, 0.2) is 5.96 Å². The average molecular weight is 326 g/mol. The minimum atomic E-state index is 0.819. The number of nitrogens with zero attached hydrogens (tertiary/aromatic N) is 2. The van der Waals surface area contributed by atoms with Crippen LogP contribution in [-0.2, 0) is 13.1 Å². The van der Waals surface area contributed by atoms with E-state index >= 15 is 0 Å². The van der Waals surface area contributed by atoms with E-state index in [0.717, 1.165) is 32.0 Å². The number of aliphatic imine (C=N–C) groups is 1. The van der Waals surface area contributed by atoms with Gasteiger partial charge in [-0.3, -0.25) is 4.99 Å². The van der Waals surface area contributed by atoms with Gasteiger partial charge < -0.3 is 15.2 Å². The molecule has 0 spiro atoms. The summed E-state index contributed by atoms with van der Waals surface area (Å²) >= 11 is 1.75. The van der Waals surface area contributed by atoms with Gasteiger partial charge in [0.05, 0.1) is 6.54 Å². The van der Waals surface area contributed by atoms with Gasteiger partial charge in [0.2, 0.25) is 0 Å². The first kappa shape index (κ1) is 15.6. The van der Waals surface area contributed by atoms with Crippen LogP contribution in [0, 0.1) is 0 Å². The monoisotopic (exact) mass is 326 g/mol. The van der Waals surface area contributed by atoms with Gasteiger partial charge in [-0.15, -0.1) is 11.3 Å². The van der Waals surface area contributed by atoms with Crippen LogP contribution in [0.2, 0.25) is 0 Å². The van der Waals surface area contributed by atoms with Crippen molar-refractivity contribution in [2.75, 3.05) is 13.6 Å². The zero-order chi connectivity index (χ0) is 15.9. The fourth-order valence-corrected chi connectivity index (χ4v) is 3.24. The van der Waals surface area contributed by atoms with Crippen molar-refractivity contribution in [3.05, 3.63) is 58.9 Å². The maximum absolute atomic E-state index is 4.26. The molecule has 0 unspecified atom stereocenters. The Balaban J connectivity index is 1.43. The molecule has 2 aromatic heterocycles. The molecule has 4 nitrogen and oxygen atoms in total. The molecule has 3 rings (SSSR count). The van der Waals surface area contributed by atoms with Crippen molar-refractivity contribution in [2.45, 2.75) is 19.5 Å². The van der Waals surface area contributed by atoms with Gasteiger partial charge in [-0.25, -0.2) is 0 Å². The Labute approximate surface area is 140 Å². The molecule has 0 fully saturated rings. The second-order valence-electron chi connectivity index (χ2n) is 5.35. The predicted octanol–water partition coefficient (Wildman–Crippen LogP) is 3.46. The number of guanidine groups is 1. The summed E-state index contributed by atoms with van der Waals surface area (Å²) < 4.78 is 2.30. The summed E-state index contributed by atoms with van der Waals surface area (Å²) in [4.78, 5) is 5.58. The van der Waals surface area contributed by atoms with Crippen LogP contribution in [0.25, 0.3) is 10.9 Å². The summed E-state index contributed by atoms with van der Waals surface area (Å²) in [5.41, 5.74) is 1.30.